The van der Waals surface area contributed by atoms with E-state index in [2.05, 4.69) is 46.0 Å². The maximum absolute atomic E-state index is 10.2. The summed E-state index contributed by atoms with van der Waals surface area (Å²) in [5, 5.41) is 0.226. The molecule has 0 heterocycles. The van der Waals surface area contributed by atoms with Gasteiger partial charge in [-0.1, -0.05) is 57.2 Å². The third-order valence-electron chi connectivity index (χ3n) is 3.95. The number of carbonyl (C=O) groups is 1. The Morgan fingerprint density at radius 1 is 1.14 bits per heavy atom. The van der Waals surface area contributed by atoms with Gasteiger partial charge in [-0.2, -0.15) is 0 Å². The molecule has 0 unspecified atom stereocenters. The van der Waals surface area contributed by atoms with Crippen molar-refractivity contribution in [2.45, 2.75) is 45.5 Å². The fourth-order valence-electron chi connectivity index (χ4n) is 1.54. The molecule has 3 heteroatoms. The van der Waals surface area contributed by atoms with Crippen LogP contribution in [-0.2, 0) is 15.8 Å². The molecule has 0 radical (unpaired) electrons. The summed E-state index contributed by atoms with van der Waals surface area (Å²) < 4.78 is 6.23. The summed E-state index contributed by atoms with van der Waals surface area (Å²) in [5.74, 6) is 0. The van der Waals surface area contributed by atoms with Gasteiger partial charge in [0.2, 0.25) is 0 Å². The molecule has 1 aromatic carbocycles. The van der Waals surface area contributed by atoms with Crippen LogP contribution < -0.4 is 0 Å². The number of rotatable bonds is 6. The molecule has 1 aromatic rings. The number of hydrogen-bond donors (Lipinski definition) is 0. The molecule has 0 atom stereocenters. The topological polar surface area (TPSA) is 26.3 Å². The first-order valence-corrected chi connectivity index (χ1v) is 10.2. The van der Waals surface area contributed by atoms with E-state index in [0.717, 1.165) is 11.8 Å². The number of carbonyl (C=O) groups excluding carboxylic acids is 1. The van der Waals surface area contributed by atoms with Gasteiger partial charge in [0.25, 0.3) is 0 Å². The zero-order chi connectivity index (χ0) is 15.9. The fraction of sp³-hybridized carbons (Fsp3) is 0.389. The van der Waals surface area contributed by atoms with Gasteiger partial charge in [0.05, 0.1) is 6.61 Å². The first-order valence-electron chi connectivity index (χ1n) is 7.28. The van der Waals surface area contributed by atoms with Gasteiger partial charge in [-0.3, -0.25) is 4.79 Å². The molecule has 0 fully saturated rings. The number of hydrogen-bond acceptors (Lipinski definition) is 2. The highest BCUT2D eigenvalue weighted by Crippen LogP contribution is 2.37. The van der Waals surface area contributed by atoms with Crippen LogP contribution in [0, 0.1) is 0 Å². The van der Waals surface area contributed by atoms with Gasteiger partial charge in [0.1, 0.15) is 6.29 Å². The lowest BCUT2D eigenvalue weighted by Gasteiger charge is -2.36. The maximum Gasteiger partial charge on any atom is 0.192 e. The van der Waals surface area contributed by atoms with Crippen molar-refractivity contribution >= 4 is 20.7 Å². The molecule has 0 bridgehead atoms. The minimum absolute atomic E-state index is 0.226. The van der Waals surface area contributed by atoms with Crippen LogP contribution in [0.3, 0.4) is 0 Å². The van der Waals surface area contributed by atoms with E-state index in [1.54, 1.807) is 6.08 Å². The highest BCUT2D eigenvalue weighted by atomic mass is 28.4. The van der Waals surface area contributed by atoms with Crippen LogP contribution in [0.15, 0.2) is 42.5 Å². The summed E-state index contributed by atoms with van der Waals surface area (Å²) in [6, 6.07) is 8.29. The van der Waals surface area contributed by atoms with E-state index in [9.17, 15) is 4.79 Å². The number of aldehydes is 1. The van der Waals surface area contributed by atoms with Gasteiger partial charge < -0.3 is 4.43 Å². The molecule has 1 rings (SSSR count). The molecule has 2 nitrogen and oxygen atoms in total. The summed E-state index contributed by atoms with van der Waals surface area (Å²) in [6.45, 7) is 11.9. The second-order valence-electron chi connectivity index (χ2n) is 6.67. The lowest BCUT2D eigenvalue weighted by molar-refractivity contribution is -0.104. The van der Waals surface area contributed by atoms with Gasteiger partial charge >= 0.3 is 0 Å². The summed E-state index contributed by atoms with van der Waals surface area (Å²) in [7, 11) is -1.71. The molecular formula is C18H26O2Si. The fourth-order valence-corrected chi connectivity index (χ4v) is 2.50. The molecular weight excluding hydrogens is 276 g/mol. The summed E-state index contributed by atoms with van der Waals surface area (Å²) in [6.07, 6.45) is 7.82. The summed E-state index contributed by atoms with van der Waals surface area (Å²) in [4.78, 5) is 10.2. The first-order chi connectivity index (χ1) is 9.76. The van der Waals surface area contributed by atoms with Gasteiger partial charge in [0, 0.05) is 0 Å². The van der Waals surface area contributed by atoms with Gasteiger partial charge in [0.15, 0.2) is 8.32 Å². The molecule has 0 amide bonds. The number of benzene rings is 1. The van der Waals surface area contributed by atoms with E-state index in [-0.39, 0.29) is 5.04 Å². The second kappa shape index (κ2) is 7.53. The maximum atomic E-state index is 10.2. The van der Waals surface area contributed by atoms with Crippen LogP contribution in [0.2, 0.25) is 18.1 Å². The Balaban J connectivity index is 2.71. The van der Waals surface area contributed by atoms with E-state index in [0.29, 0.717) is 6.61 Å². The highest BCUT2D eigenvalue weighted by molar-refractivity contribution is 6.74. The van der Waals surface area contributed by atoms with Crippen molar-refractivity contribution in [1.29, 1.82) is 0 Å². The number of allylic oxidation sites excluding steroid dienone is 3. The molecule has 0 saturated carbocycles. The average molecular weight is 302 g/mol. The Morgan fingerprint density at radius 2 is 1.86 bits per heavy atom. The molecule has 114 valence electrons. The monoisotopic (exact) mass is 302 g/mol. The standard InChI is InChI=1S/C18H26O2Si/c1-18(2,3)21(4,5)20-15-17-12-9-11-16(14-17)10-7-6-8-13-19/h6-14H,15H2,1-5H3. The zero-order valence-corrected chi connectivity index (χ0v) is 14.7. The van der Waals surface area contributed by atoms with Crippen molar-refractivity contribution < 1.29 is 9.22 Å². The van der Waals surface area contributed by atoms with E-state index >= 15 is 0 Å². The molecule has 0 spiro atoms. The van der Waals surface area contributed by atoms with Crippen molar-refractivity contribution in [3.05, 3.63) is 53.6 Å². The van der Waals surface area contributed by atoms with Crippen molar-refractivity contribution in [2.24, 2.45) is 0 Å². The van der Waals surface area contributed by atoms with E-state index < -0.39 is 8.32 Å². The Labute approximate surface area is 129 Å². The van der Waals surface area contributed by atoms with E-state index in [1.807, 2.05) is 24.3 Å². The van der Waals surface area contributed by atoms with Crippen LogP contribution in [-0.4, -0.2) is 14.6 Å². The Hall–Kier alpha value is -1.45. The van der Waals surface area contributed by atoms with Crippen LogP contribution in [0.25, 0.3) is 6.08 Å². The van der Waals surface area contributed by atoms with Crippen molar-refractivity contribution in [3.8, 4) is 0 Å². The molecule has 0 aliphatic heterocycles. The molecule has 0 saturated heterocycles. The summed E-state index contributed by atoms with van der Waals surface area (Å²) >= 11 is 0. The molecule has 0 aromatic heterocycles. The van der Waals surface area contributed by atoms with E-state index in [1.165, 1.54) is 11.6 Å². The Morgan fingerprint density at radius 3 is 2.48 bits per heavy atom. The van der Waals surface area contributed by atoms with E-state index in [4.69, 9.17) is 4.43 Å². The van der Waals surface area contributed by atoms with Gasteiger partial charge in [-0.05, 0) is 41.4 Å². The largest absolute Gasteiger partial charge is 0.413 e. The highest BCUT2D eigenvalue weighted by Gasteiger charge is 2.36. The van der Waals surface area contributed by atoms with Crippen LogP contribution in [0.1, 0.15) is 31.9 Å². The normalized spacial score (nSPS) is 13.2. The third-order valence-corrected chi connectivity index (χ3v) is 8.42. The summed E-state index contributed by atoms with van der Waals surface area (Å²) in [5.41, 5.74) is 2.29. The van der Waals surface area contributed by atoms with Crippen molar-refractivity contribution in [3.63, 3.8) is 0 Å². The zero-order valence-electron chi connectivity index (χ0n) is 13.7. The first kappa shape index (κ1) is 17.6. The molecule has 0 aliphatic rings. The second-order valence-corrected chi connectivity index (χ2v) is 11.5. The molecule has 0 aliphatic carbocycles. The predicted octanol–water partition coefficient (Wildman–Crippen LogP) is 4.98. The van der Waals surface area contributed by atoms with Crippen LogP contribution in [0.5, 0.6) is 0 Å². The Kier molecular flexibility index (Phi) is 6.31. The Bertz CT molecular complexity index is 522. The molecule has 0 N–H and O–H groups in total. The predicted molar refractivity (Wildman–Crippen MR) is 92.7 cm³/mol. The van der Waals surface area contributed by atoms with Crippen LogP contribution in [0.4, 0.5) is 0 Å². The smallest absolute Gasteiger partial charge is 0.192 e. The minimum atomic E-state index is -1.71. The van der Waals surface area contributed by atoms with Gasteiger partial charge in [-0.25, -0.2) is 0 Å². The lowest BCUT2D eigenvalue weighted by atomic mass is 10.1. The average Bonchev–Trinajstić information content (AvgIpc) is 2.41. The molecule has 21 heavy (non-hydrogen) atoms. The van der Waals surface area contributed by atoms with Gasteiger partial charge in [-0.15, -0.1) is 0 Å². The quantitative estimate of drug-likeness (QED) is 0.321. The van der Waals surface area contributed by atoms with Crippen molar-refractivity contribution in [2.75, 3.05) is 0 Å². The third kappa shape index (κ3) is 5.82. The minimum Gasteiger partial charge on any atom is -0.413 e. The SMILES string of the molecule is CC(C)(C)[Si](C)(C)OCc1cccc(C=CC=CC=O)c1. The van der Waals surface area contributed by atoms with Crippen LogP contribution >= 0.6 is 0 Å². The lowest BCUT2D eigenvalue weighted by Crippen LogP contribution is -2.40. The van der Waals surface area contributed by atoms with Crippen molar-refractivity contribution in [1.82, 2.24) is 0 Å².